The molecule has 7 N–H and O–H groups in total. The Morgan fingerprint density at radius 2 is 1.52 bits per heavy atom. The summed E-state index contributed by atoms with van der Waals surface area (Å²) >= 11 is 0. The van der Waals surface area contributed by atoms with Gasteiger partial charge in [0.2, 0.25) is 11.8 Å². The van der Waals surface area contributed by atoms with Crippen molar-refractivity contribution in [3.8, 4) is 0 Å². The zero-order valence-electron chi connectivity index (χ0n) is 17.1. The van der Waals surface area contributed by atoms with Crippen molar-refractivity contribution in [1.82, 2.24) is 10.6 Å². The summed E-state index contributed by atoms with van der Waals surface area (Å²) < 4.78 is 5.11. The molecule has 0 bridgehead atoms. The van der Waals surface area contributed by atoms with E-state index >= 15 is 0 Å². The summed E-state index contributed by atoms with van der Waals surface area (Å²) in [5.74, 6) is -1.45. The minimum Gasteiger partial charge on any atom is -0.445 e. The molecule has 3 amide bonds. The Bertz CT molecular complexity index is 847. The van der Waals surface area contributed by atoms with E-state index in [-0.39, 0.29) is 13.2 Å². The second-order valence-electron chi connectivity index (χ2n) is 7.04. The fourth-order valence-electron chi connectivity index (χ4n) is 2.92. The first-order valence-electron chi connectivity index (χ1n) is 9.87. The molecule has 2 unspecified atom stereocenters. The van der Waals surface area contributed by atoms with Gasteiger partial charge in [-0.05, 0) is 17.5 Å². The van der Waals surface area contributed by atoms with Crippen LogP contribution in [-0.2, 0) is 27.4 Å². The van der Waals surface area contributed by atoms with Crippen LogP contribution in [0.3, 0.4) is 0 Å². The van der Waals surface area contributed by atoms with Crippen molar-refractivity contribution in [3.05, 3.63) is 71.8 Å². The van der Waals surface area contributed by atoms with Crippen molar-refractivity contribution in [2.45, 2.75) is 37.6 Å². The number of amides is 3. The predicted octanol–water partition coefficient (Wildman–Crippen LogP) is 0.204. The van der Waals surface area contributed by atoms with Crippen LogP contribution in [0.15, 0.2) is 60.7 Å². The van der Waals surface area contributed by atoms with Crippen LogP contribution in [0.5, 0.6) is 0 Å². The van der Waals surface area contributed by atoms with Crippen LogP contribution in [0, 0.1) is 0 Å². The molecule has 9 heteroatoms. The Morgan fingerprint density at radius 3 is 2.06 bits per heavy atom. The van der Waals surface area contributed by atoms with Crippen molar-refractivity contribution in [3.63, 3.8) is 0 Å². The molecule has 3 atom stereocenters. The van der Waals surface area contributed by atoms with Gasteiger partial charge in [0.05, 0.1) is 18.6 Å². The van der Waals surface area contributed by atoms with Gasteiger partial charge in [0.15, 0.2) is 0 Å². The summed E-state index contributed by atoms with van der Waals surface area (Å²) in [7, 11) is 0. The highest BCUT2D eigenvalue weighted by Crippen LogP contribution is 2.08. The largest absolute Gasteiger partial charge is 0.445 e. The van der Waals surface area contributed by atoms with E-state index in [1.165, 1.54) is 0 Å². The van der Waals surface area contributed by atoms with Crippen molar-refractivity contribution in [1.29, 1.82) is 0 Å². The molecule has 0 heterocycles. The number of carbonyl (C=O) groups excluding carboxylic acids is 3. The molecule has 31 heavy (non-hydrogen) atoms. The van der Waals surface area contributed by atoms with E-state index < -0.39 is 42.5 Å². The minimum atomic E-state index is -1.26. The highest BCUT2D eigenvalue weighted by Gasteiger charge is 2.28. The molecule has 0 saturated heterocycles. The maximum absolute atomic E-state index is 12.8. The Morgan fingerprint density at radius 1 is 0.935 bits per heavy atom. The smallest absolute Gasteiger partial charge is 0.408 e. The molecule has 0 radical (unpaired) electrons. The summed E-state index contributed by atoms with van der Waals surface area (Å²) in [4.78, 5) is 36.3. The van der Waals surface area contributed by atoms with E-state index in [4.69, 9.17) is 16.2 Å². The highest BCUT2D eigenvalue weighted by molar-refractivity contribution is 5.90. The van der Waals surface area contributed by atoms with Gasteiger partial charge in [-0.2, -0.15) is 0 Å². The lowest BCUT2D eigenvalue weighted by atomic mass is 10.0. The predicted molar refractivity (Wildman–Crippen MR) is 115 cm³/mol. The maximum atomic E-state index is 12.8. The molecule has 0 aromatic heterocycles. The molecular weight excluding hydrogens is 400 g/mol. The molecule has 2 aromatic rings. The van der Waals surface area contributed by atoms with Gasteiger partial charge in [-0.15, -0.1) is 0 Å². The quantitative estimate of drug-likeness (QED) is 0.344. The van der Waals surface area contributed by atoms with Gasteiger partial charge in [0.25, 0.3) is 0 Å². The van der Waals surface area contributed by atoms with Gasteiger partial charge in [0.1, 0.15) is 12.6 Å². The summed E-state index contributed by atoms with van der Waals surface area (Å²) in [5, 5.41) is 15.3. The van der Waals surface area contributed by atoms with Crippen LogP contribution in [0.1, 0.15) is 17.5 Å². The zero-order chi connectivity index (χ0) is 22.6. The van der Waals surface area contributed by atoms with Crippen molar-refractivity contribution < 1.29 is 24.2 Å². The number of ether oxygens (including phenoxy) is 1. The fraction of sp³-hybridized carbons (Fsp3) is 0.318. The van der Waals surface area contributed by atoms with Gasteiger partial charge in [0, 0.05) is 6.54 Å². The van der Waals surface area contributed by atoms with Gasteiger partial charge in [-0.3, -0.25) is 9.59 Å². The first-order valence-corrected chi connectivity index (χ1v) is 9.87. The number of carbonyl (C=O) groups is 3. The molecule has 0 fully saturated rings. The average Bonchev–Trinajstić information content (AvgIpc) is 2.77. The minimum absolute atomic E-state index is 0.000103. The maximum Gasteiger partial charge on any atom is 0.408 e. The van der Waals surface area contributed by atoms with E-state index in [0.717, 1.165) is 11.1 Å². The van der Waals surface area contributed by atoms with Crippen LogP contribution in [0.2, 0.25) is 0 Å². The van der Waals surface area contributed by atoms with Crippen LogP contribution >= 0.6 is 0 Å². The van der Waals surface area contributed by atoms with Crippen molar-refractivity contribution in [2.75, 3.05) is 6.54 Å². The summed E-state index contributed by atoms with van der Waals surface area (Å²) in [6.07, 6.45) is -2.01. The number of aliphatic hydroxyl groups excluding tert-OH is 1. The molecule has 0 aliphatic heterocycles. The summed E-state index contributed by atoms with van der Waals surface area (Å²) in [6, 6.07) is 16.2. The lowest BCUT2D eigenvalue weighted by molar-refractivity contribution is -0.128. The Kier molecular flexibility index (Phi) is 9.47. The number of primary amides is 1. The Balaban J connectivity index is 2.01. The van der Waals surface area contributed by atoms with Crippen LogP contribution in [0.25, 0.3) is 0 Å². The topological polar surface area (TPSA) is 157 Å². The van der Waals surface area contributed by atoms with Gasteiger partial charge < -0.3 is 31.9 Å². The number of benzene rings is 2. The number of nitrogens with two attached hydrogens (primary N) is 2. The number of hydrogen-bond acceptors (Lipinski definition) is 6. The first-order chi connectivity index (χ1) is 14.9. The molecule has 2 aromatic carbocycles. The highest BCUT2D eigenvalue weighted by atomic mass is 16.5. The van der Waals surface area contributed by atoms with Crippen molar-refractivity contribution in [2.24, 2.45) is 11.5 Å². The lowest BCUT2D eigenvalue weighted by Crippen LogP contribution is -2.55. The Hall–Kier alpha value is -3.43. The summed E-state index contributed by atoms with van der Waals surface area (Å²) in [5.41, 5.74) is 12.4. The van der Waals surface area contributed by atoms with Gasteiger partial charge in [-0.1, -0.05) is 60.7 Å². The number of alkyl carbamates (subject to hydrolysis) is 1. The second kappa shape index (κ2) is 12.3. The third kappa shape index (κ3) is 8.45. The number of nitrogens with one attached hydrogen (secondary N) is 2. The SMILES string of the molecule is NCC(O)C(Cc1ccccc1)NC(=O)[C@H](CC(N)=O)NC(=O)OCc1ccccc1. The van der Waals surface area contributed by atoms with Crippen molar-refractivity contribution >= 4 is 17.9 Å². The number of rotatable bonds is 11. The molecule has 0 aliphatic carbocycles. The standard InChI is InChI=1S/C22H28N4O5/c23-13-19(27)17(11-15-7-3-1-4-8-15)25-21(29)18(12-20(24)28)26-22(30)31-14-16-9-5-2-6-10-16/h1-10,17-19,27H,11-14,23H2,(H2,24,28)(H,25,29)(H,26,30)/t17?,18-,19?/m0/s1. The van der Waals surface area contributed by atoms with Gasteiger partial charge in [-0.25, -0.2) is 4.79 Å². The third-order valence-corrected chi connectivity index (χ3v) is 4.56. The molecule has 166 valence electrons. The van der Waals surface area contributed by atoms with Gasteiger partial charge >= 0.3 is 6.09 Å². The van der Waals surface area contributed by atoms with E-state index in [2.05, 4.69) is 10.6 Å². The summed E-state index contributed by atoms with van der Waals surface area (Å²) in [6.45, 7) is -0.0785. The zero-order valence-corrected chi connectivity index (χ0v) is 17.1. The molecule has 9 nitrogen and oxygen atoms in total. The van der Waals surface area contributed by atoms with Crippen LogP contribution in [0.4, 0.5) is 4.79 Å². The third-order valence-electron chi connectivity index (χ3n) is 4.56. The van der Waals surface area contributed by atoms with E-state index in [0.29, 0.717) is 6.42 Å². The van der Waals surface area contributed by atoms with E-state index in [1.54, 1.807) is 24.3 Å². The second-order valence-corrected chi connectivity index (χ2v) is 7.04. The average molecular weight is 428 g/mol. The van der Waals surface area contributed by atoms with E-state index in [1.807, 2.05) is 36.4 Å². The molecule has 2 rings (SSSR count). The number of hydrogen-bond donors (Lipinski definition) is 5. The first kappa shape index (κ1) is 23.8. The monoisotopic (exact) mass is 428 g/mol. The fourth-order valence-corrected chi connectivity index (χ4v) is 2.92. The van der Waals surface area contributed by atoms with E-state index in [9.17, 15) is 19.5 Å². The molecule has 0 spiro atoms. The molecule has 0 aliphatic rings. The van der Waals surface area contributed by atoms with Crippen LogP contribution in [-0.4, -0.2) is 47.7 Å². The molecule has 0 saturated carbocycles. The lowest BCUT2D eigenvalue weighted by Gasteiger charge is -2.26. The Labute approximate surface area is 180 Å². The molecular formula is C22H28N4O5. The van der Waals surface area contributed by atoms with Crippen LogP contribution < -0.4 is 22.1 Å². The number of aliphatic hydroxyl groups is 1. The normalized spacial score (nSPS) is 13.5.